The molecular formula is C15H21N3. The summed E-state index contributed by atoms with van der Waals surface area (Å²) >= 11 is 0. The van der Waals surface area contributed by atoms with Gasteiger partial charge in [0.1, 0.15) is 0 Å². The van der Waals surface area contributed by atoms with Crippen molar-refractivity contribution in [1.82, 2.24) is 9.78 Å². The molecule has 0 amide bonds. The van der Waals surface area contributed by atoms with Crippen molar-refractivity contribution >= 4 is 10.9 Å². The maximum atomic E-state index is 6.53. The third-order valence-electron chi connectivity index (χ3n) is 4.24. The normalized spacial score (nSPS) is 28.1. The van der Waals surface area contributed by atoms with E-state index >= 15 is 0 Å². The molecule has 1 saturated carbocycles. The van der Waals surface area contributed by atoms with Gasteiger partial charge < -0.3 is 5.73 Å². The second kappa shape index (κ2) is 4.09. The van der Waals surface area contributed by atoms with Crippen LogP contribution >= 0.6 is 0 Å². The first kappa shape index (κ1) is 11.7. The maximum absolute atomic E-state index is 6.53. The largest absolute Gasteiger partial charge is 0.325 e. The van der Waals surface area contributed by atoms with E-state index in [2.05, 4.69) is 36.3 Å². The van der Waals surface area contributed by atoms with Crippen molar-refractivity contribution in [3.63, 3.8) is 0 Å². The molecule has 96 valence electrons. The van der Waals surface area contributed by atoms with E-state index in [1.807, 2.05) is 11.7 Å². The molecule has 1 aliphatic carbocycles. The molecule has 3 rings (SSSR count). The van der Waals surface area contributed by atoms with Crippen molar-refractivity contribution in [3.05, 3.63) is 30.0 Å². The first-order valence-corrected chi connectivity index (χ1v) is 6.77. The Bertz CT molecular complexity index is 572. The number of aromatic nitrogens is 2. The topological polar surface area (TPSA) is 43.8 Å². The Hall–Kier alpha value is -1.35. The lowest BCUT2D eigenvalue weighted by Crippen LogP contribution is -2.39. The number of nitrogens with zero attached hydrogens (tertiary/aromatic N) is 2. The molecule has 1 aromatic carbocycles. The van der Waals surface area contributed by atoms with Crippen molar-refractivity contribution in [2.75, 3.05) is 0 Å². The summed E-state index contributed by atoms with van der Waals surface area (Å²) in [7, 11) is 2.01. The minimum atomic E-state index is -0.0451. The molecule has 2 atom stereocenters. The average molecular weight is 243 g/mol. The van der Waals surface area contributed by atoms with Crippen LogP contribution in [0.5, 0.6) is 0 Å². The van der Waals surface area contributed by atoms with Gasteiger partial charge in [-0.1, -0.05) is 25.1 Å². The summed E-state index contributed by atoms with van der Waals surface area (Å²) in [5.74, 6) is 0.755. The van der Waals surface area contributed by atoms with Gasteiger partial charge in [-0.3, -0.25) is 4.68 Å². The van der Waals surface area contributed by atoms with Gasteiger partial charge in [0, 0.05) is 24.4 Å². The van der Waals surface area contributed by atoms with E-state index in [0.29, 0.717) is 0 Å². The zero-order valence-corrected chi connectivity index (χ0v) is 11.2. The van der Waals surface area contributed by atoms with Crippen molar-refractivity contribution in [2.24, 2.45) is 18.7 Å². The summed E-state index contributed by atoms with van der Waals surface area (Å²) in [5.41, 5.74) is 8.84. The molecule has 1 aliphatic rings. The summed E-state index contributed by atoms with van der Waals surface area (Å²) < 4.78 is 1.96. The summed E-state index contributed by atoms with van der Waals surface area (Å²) in [4.78, 5) is 0. The van der Waals surface area contributed by atoms with Gasteiger partial charge in [0.05, 0.1) is 11.2 Å². The van der Waals surface area contributed by atoms with Crippen LogP contribution in [0.25, 0.3) is 10.9 Å². The summed E-state index contributed by atoms with van der Waals surface area (Å²) in [6.45, 7) is 2.30. The monoisotopic (exact) mass is 243 g/mol. The van der Waals surface area contributed by atoms with Crippen molar-refractivity contribution < 1.29 is 0 Å². The summed E-state index contributed by atoms with van der Waals surface area (Å²) in [6.07, 6.45) is 4.40. The number of aryl methyl sites for hydroxylation is 1. The number of benzene rings is 1. The fraction of sp³-hybridized carbons (Fsp3) is 0.533. The van der Waals surface area contributed by atoms with E-state index in [-0.39, 0.29) is 5.54 Å². The fourth-order valence-corrected chi connectivity index (χ4v) is 3.35. The fourth-order valence-electron chi connectivity index (χ4n) is 3.35. The second-order valence-corrected chi connectivity index (χ2v) is 5.97. The first-order chi connectivity index (χ1) is 8.57. The average Bonchev–Trinajstić information content (AvgIpc) is 2.82. The van der Waals surface area contributed by atoms with Gasteiger partial charge >= 0.3 is 0 Å². The van der Waals surface area contributed by atoms with Crippen molar-refractivity contribution in [2.45, 2.75) is 38.1 Å². The molecule has 1 heterocycles. The third kappa shape index (κ3) is 1.93. The minimum Gasteiger partial charge on any atom is -0.325 e. The van der Waals surface area contributed by atoms with Crippen LogP contribution in [-0.4, -0.2) is 15.3 Å². The lowest BCUT2D eigenvalue weighted by atomic mass is 9.91. The Morgan fingerprint density at radius 1 is 1.44 bits per heavy atom. The van der Waals surface area contributed by atoms with Crippen LogP contribution in [0.2, 0.25) is 0 Å². The molecule has 0 saturated heterocycles. The first-order valence-electron chi connectivity index (χ1n) is 6.77. The SMILES string of the molecule is CC1CCC(N)(Cc2nn(C)c3ccccc23)C1. The molecule has 2 N–H and O–H groups in total. The van der Waals surface area contributed by atoms with Gasteiger partial charge in [0.25, 0.3) is 0 Å². The van der Waals surface area contributed by atoms with Crippen LogP contribution in [0.4, 0.5) is 0 Å². The molecule has 2 unspecified atom stereocenters. The molecule has 0 bridgehead atoms. The van der Waals surface area contributed by atoms with E-state index in [1.165, 1.54) is 17.3 Å². The van der Waals surface area contributed by atoms with E-state index in [4.69, 9.17) is 5.73 Å². The Balaban J connectivity index is 1.96. The van der Waals surface area contributed by atoms with Gasteiger partial charge in [0.15, 0.2) is 0 Å². The quantitative estimate of drug-likeness (QED) is 0.881. The van der Waals surface area contributed by atoms with Crippen molar-refractivity contribution in [3.8, 4) is 0 Å². The number of nitrogens with two attached hydrogens (primary N) is 1. The number of hydrogen-bond acceptors (Lipinski definition) is 2. The predicted octanol–water partition coefficient (Wildman–Crippen LogP) is 2.63. The van der Waals surface area contributed by atoms with E-state index in [9.17, 15) is 0 Å². The number of hydrogen-bond donors (Lipinski definition) is 1. The minimum absolute atomic E-state index is 0.0451. The molecule has 3 nitrogen and oxygen atoms in total. The van der Waals surface area contributed by atoms with E-state index < -0.39 is 0 Å². The van der Waals surface area contributed by atoms with Crippen LogP contribution in [0.1, 0.15) is 31.9 Å². The number of rotatable bonds is 2. The van der Waals surface area contributed by atoms with Crippen molar-refractivity contribution in [1.29, 1.82) is 0 Å². The Kier molecular flexibility index (Phi) is 2.67. The smallest absolute Gasteiger partial charge is 0.0721 e. The summed E-state index contributed by atoms with van der Waals surface area (Å²) in [6, 6.07) is 8.41. The standard InChI is InChI=1S/C15H21N3/c1-11-7-8-15(16,9-11)10-13-12-5-3-4-6-14(12)18(2)17-13/h3-6,11H,7-10,16H2,1-2H3. The molecule has 1 aromatic heterocycles. The lowest BCUT2D eigenvalue weighted by molar-refractivity contribution is 0.414. The van der Waals surface area contributed by atoms with Gasteiger partial charge in [-0.05, 0) is 31.2 Å². The van der Waals surface area contributed by atoms with Gasteiger partial charge in [-0.2, -0.15) is 5.10 Å². The molecule has 0 radical (unpaired) electrons. The highest BCUT2D eigenvalue weighted by Gasteiger charge is 2.34. The molecule has 18 heavy (non-hydrogen) atoms. The molecule has 0 aliphatic heterocycles. The van der Waals surface area contributed by atoms with Crippen LogP contribution < -0.4 is 5.73 Å². The third-order valence-corrected chi connectivity index (χ3v) is 4.24. The van der Waals surface area contributed by atoms with E-state index in [1.54, 1.807) is 0 Å². The van der Waals surface area contributed by atoms with Gasteiger partial charge in [-0.25, -0.2) is 0 Å². The molecular weight excluding hydrogens is 222 g/mol. The van der Waals surface area contributed by atoms with Gasteiger partial charge in [0.2, 0.25) is 0 Å². The van der Waals surface area contributed by atoms with Crippen LogP contribution in [0, 0.1) is 5.92 Å². The molecule has 1 fully saturated rings. The van der Waals surface area contributed by atoms with Crippen LogP contribution in [0.3, 0.4) is 0 Å². The zero-order chi connectivity index (χ0) is 12.8. The zero-order valence-electron chi connectivity index (χ0n) is 11.2. The number of para-hydroxylation sites is 1. The highest BCUT2D eigenvalue weighted by molar-refractivity contribution is 5.81. The van der Waals surface area contributed by atoms with Gasteiger partial charge in [-0.15, -0.1) is 0 Å². The number of fused-ring (bicyclic) bond motifs is 1. The molecule has 0 spiro atoms. The maximum Gasteiger partial charge on any atom is 0.0721 e. The summed E-state index contributed by atoms with van der Waals surface area (Å²) in [5, 5.41) is 5.91. The predicted molar refractivity (Wildman–Crippen MR) is 74.4 cm³/mol. The molecule has 2 aromatic rings. The Morgan fingerprint density at radius 3 is 2.94 bits per heavy atom. The Morgan fingerprint density at radius 2 is 2.22 bits per heavy atom. The highest BCUT2D eigenvalue weighted by Crippen LogP contribution is 2.35. The molecule has 3 heteroatoms. The highest BCUT2D eigenvalue weighted by atomic mass is 15.3. The Labute approximate surface area is 108 Å². The second-order valence-electron chi connectivity index (χ2n) is 5.97. The van der Waals surface area contributed by atoms with Crippen LogP contribution in [0.15, 0.2) is 24.3 Å². The van der Waals surface area contributed by atoms with Crippen LogP contribution in [-0.2, 0) is 13.5 Å². The lowest BCUT2D eigenvalue weighted by Gasteiger charge is -2.22. The van der Waals surface area contributed by atoms with E-state index in [0.717, 1.165) is 30.9 Å².